The molecule has 4 aromatic rings. The van der Waals surface area contributed by atoms with Crippen LogP contribution in [0.25, 0.3) is 10.8 Å². The van der Waals surface area contributed by atoms with Crippen LogP contribution >= 0.6 is 23.4 Å². The number of hydrogen-bond acceptors (Lipinski definition) is 4. The van der Waals surface area contributed by atoms with Gasteiger partial charge in [-0.2, -0.15) is 0 Å². The number of nitrogens with one attached hydrogen (secondary N) is 2. The predicted molar refractivity (Wildman–Crippen MR) is 137 cm³/mol. The summed E-state index contributed by atoms with van der Waals surface area (Å²) in [7, 11) is 0. The fraction of sp³-hybridized carbons (Fsp3) is 0.0769. The van der Waals surface area contributed by atoms with Crippen molar-refractivity contribution in [3.05, 3.63) is 108 Å². The quantitative estimate of drug-likeness (QED) is 0.236. The molecule has 0 amide bonds. The first kappa shape index (κ1) is 21.9. The summed E-state index contributed by atoms with van der Waals surface area (Å²) < 4.78 is 6.02. The highest BCUT2D eigenvalue weighted by molar-refractivity contribution is 8.13. The number of thioether (sulfide) groups is 1. The minimum absolute atomic E-state index is 0.0326. The summed E-state index contributed by atoms with van der Waals surface area (Å²) in [4.78, 5) is 1.59. The number of halogens is 1. The standard InChI is InChI=1S/C26H22ClN3OS/c27-21-13-15-22(16-14-21)30(26(29)32-18-19-7-2-1-3-8-19)25(28)17-31-24-12-6-10-20-9-4-5-11-23(20)24/h1-16,28-29H,17-18H2. The van der Waals surface area contributed by atoms with E-state index in [1.807, 2.05) is 84.9 Å². The van der Waals surface area contributed by atoms with Gasteiger partial charge >= 0.3 is 0 Å². The molecule has 0 aliphatic heterocycles. The molecule has 6 heteroatoms. The Balaban J connectivity index is 1.52. The van der Waals surface area contributed by atoms with E-state index in [9.17, 15) is 0 Å². The van der Waals surface area contributed by atoms with Crippen molar-refractivity contribution in [1.29, 1.82) is 10.8 Å². The number of hydrogen-bond donors (Lipinski definition) is 2. The molecule has 0 saturated carbocycles. The fourth-order valence-corrected chi connectivity index (χ4v) is 4.28. The molecule has 0 atom stereocenters. The van der Waals surface area contributed by atoms with E-state index < -0.39 is 0 Å². The average Bonchev–Trinajstić information content (AvgIpc) is 2.83. The average molecular weight is 460 g/mol. The SMILES string of the molecule is N=C(COc1cccc2ccccc12)N(C(=N)SCc1ccccc1)c1ccc(Cl)cc1. The lowest BCUT2D eigenvalue weighted by molar-refractivity contribution is 0.379. The van der Waals surface area contributed by atoms with Crippen LogP contribution in [0.4, 0.5) is 5.69 Å². The van der Waals surface area contributed by atoms with Crippen molar-refractivity contribution in [3.8, 4) is 5.75 Å². The molecule has 32 heavy (non-hydrogen) atoms. The van der Waals surface area contributed by atoms with E-state index in [4.69, 9.17) is 27.2 Å². The predicted octanol–water partition coefficient (Wildman–Crippen LogP) is 7.22. The molecular weight excluding hydrogens is 438 g/mol. The number of rotatable bonds is 6. The fourth-order valence-electron chi connectivity index (χ4n) is 3.31. The molecule has 0 aromatic heterocycles. The normalized spacial score (nSPS) is 10.7. The molecular formula is C26H22ClN3OS. The molecule has 0 spiro atoms. The van der Waals surface area contributed by atoms with Crippen molar-refractivity contribution in [2.75, 3.05) is 11.5 Å². The van der Waals surface area contributed by atoms with Gasteiger partial charge in [0.05, 0.1) is 0 Å². The second-order valence-corrected chi connectivity index (χ2v) is 8.50. The number of anilines is 1. The van der Waals surface area contributed by atoms with E-state index in [2.05, 4.69) is 0 Å². The molecule has 160 valence electrons. The van der Waals surface area contributed by atoms with E-state index in [0.29, 0.717) is 22.2 Å². The van der Waals surface area contributed by atoms with E-state index in [1.54, 1.807) is 17.0 Å². The lowest BCUT2D eigenvalue weighted by Crippen LogP contribution is -2.37. The van der Waals surface area contributed by atoms with Crippen molar-refractivity contribution in [2.24, 2.45) is 0 Å². The summed E-state index contributed by atoms with van der Waals surface area (Å²) in [5, 5.41) is 20.3. The third-order valence-electron chi connectivity index (χ3n) is 4.89. The molecule has 0 bridgehead atoms. The van der Waals surface area contributed by atoms with E-state index in [0.717, 1.165) is 16.3 Å². The topological polar surface area (TPSA) is 60.2 Å². The lowest BCUT2D eigenvalue weighted by Gasteiger charge is -2.25. The van der Waals surface area contributed by atoms with Gasteiger partial charge in [0.15, 0.2) is 5.17 Å². The number of ether oxygens (including phenoxy) is 1. The Labute approximate surface area is 196 Å². The van der Waals surface area contributed by atoms with Gasteiger partial charge < -0.3 is 4.74 Å². The van der Waals surface area contributed by atoms with Crippen LogP contribution < -0.4 is 9.64 Å². The molecule has 0 aliphatic carbocycles. The minimum Gasteiger partial charge on any atom is -0.485 e. The first-order valence-corrected chi connectivity index (χ1v) is 11.5. The van der Waals surface area contributed by atoms with Crippen molar-refractivity contribution >= 4 is 50.8 Å². The molecule has 0 fully saturated rings. The first-order valence-electron chi connectivity index (χ1n) is 10.1. The number of nitrogens with zero attached hydrogens (tertiary/aromatic N) is 1. The largest absolute Gasteiger partial charge is 0.485 e. The summed E-state index contributed by atoms with van der Waals surface area (Å²) in [6.07, 6.45) is 0. The summed E-state index contributed by atoms with van der Waals surface area (Å²) >= 11 is 7.43. The van der Waals surface area contributed by atoms with Crippen LogP contribution in [-0.2, 0) is 5.75 Å². The van der Waals surface area contributed by atoms with Crippen LogP contribution in [0.5, 0.6) is 5.75 Å². The van der Waals surface area contributed by atoms with Gasteiger partial charge in [-0.25, -0.2) is 0 Å². The maximum absolute atomic E-state index is 8.72. The molecule has 4 nitrogen and oxygen atoms in total. The number of benzene rings is 4. The second-order valence-electron chi connectivity index (χ2n) is 7.10. The Bertz CT molecular complexity index is 1220. The summed E-state index contributed by atoms with van der Waals surface area (Å²) in [6.45, 7) is 0.0326. The molecule has 4 rings (SSSR count). The highest BCUT2D eigenvalue weighted by atomic mass is 35.5. The van der Waals surface area contributed by atoms with Crippen LogP contribution in [-0.4, -0.2) is 17.6 Å². The summed E-state index contributed by atoms with van der Waals surface area (Å²) in [5.74, 6) is 1.53. The molecule has 0 saturated heterocycles. The molecule has 0 heterocycles. The minimum atomic E-state index is 0.0326. The third-order valence-corrected chi connectivity index (χ3v) is 6.08. The maximum atomic E-state index is 8.72. The Morgan fingerprint density at radius 1 is 0.812 bits per heavy atom. The van der Waals surface area contributed by atoms with E-state index in [1.165, 1.54) is 11.8 Å². The Morgan fingerprint density at radius 3 is 2.28 bits per heavy atom. The van der Waals surface area contributed by atoms with Gasteiger partial charge in [0, 0.05) is 21.8 Å². The highest BCUT2D eigenvalue weighted by Gasteiger charge is 2.19. The number of amidine groups is 2. The van der Waals surface area contributed by atoms with Gasteiger partial charge in [-0.05, 0) is 41.3 Å². The van der Waals surface area contributed by atoms with Gasteiger partial charge in [0.1, 0.15) is 18.2 Å². The zero-order valence-electron chi connectivity index (χ0n) is 17.3. The summed E-state index contributed by atoms with van der Waals surface area (Å²) in [6, 6.07) is 31.0. The molecule has 0 unspecified atom stereocenters. The first-order chi connectivity index (χ1) is 15.6. The van der Waals surface area contributed by atoms with Crippen molar-refractivity contribution in [3.63, 3.8) is 0 Å². The summed E-state index contributed by atoms with van der Waals surface area (Å²) in [5.41, 5.74) is 1.82. The van der Waals surface area contributed by atoms with Crippen LogP contribution in [0.15, 0.2) is 97.1 Å². The van der Waals surface area contributed by atoms with Crippen LogP contribution in [0, 0.1) is 10.8 Å². The molecule has 0 radical (unpaired) electrons. The molecule has 0 aliphatic rings. The maximum Gasteiger partial charge on any atom is 0.166 e. The van der Waals surface area contributed by atoms with Crippen molar-refractivity contribution in [1.82, 2.24) is 0 Å². The van der Waals surface area contributed by atoms with Crippen LogP contribution in [0.2, 0.25) is 5.02 Å². The zero-order valence-corrected chi connectivity index (χ0v) is 18.9. The Morgan fingerprint density at radius 2 is 1.50 bits per heavy atom. The van der Waals surface area contributed by atoms with Gasteiger partial charge in [-0.15, -0.1) is 0 Å². The van der Waals surface area contributed by atoms with Crippen LogP contribution in [0.3, 0.4) is 0 Å². The smallest absolute Gasteiger partial charge is 0.166 e. The van der Waals surface area contributed by atoms with E-state index in [-0.39, 0.29) is 17.6 Å². The number of fused-ring (bicyclic) bond motifs is 1. The van der Waals surface area contributed by atoms with Gasteiger partial charge in [-0.1, -0.05) is 90.1 Å². The molecule has 2 N–H and O–H groups in total. The van der Waals surface area contributed by atoms with E-state index >= 15 is 0 Å². The van der Waals surface area contributed by atoms with Gasteiger partial charge in [0.25, 0.3) is 0 Å². The van der Waals surface area contributed by atoms with Gasteiger partial charge in [-0.3, -0.25) is 15.7 Å². The van der Waals surface area contributed by atoms with Gasteiger partial charge in [0.2, 0.25) is 0 Å². The Hall–Kier alpha value is -3.28. The van der Waals surface area contributed by atoms with Crippen molar-refractivity contribution < 1.29 is 4.74 Å². The third kappa shape index (κ3) is 5.31. The Kier molecular flexibility index (Phi) is 7.10. The zero-order chi connectivity index (χ0) is 22.3. The lowest BCUT2D eigenvalue weighted by atomic mass is 10.1. The van der Waals surface area contributed by atoms with Crippen molar-refractivity contribution in [2.45, 2.75) is 5.75 Å². The molecule has 4 aromatic carbocycles. The monoisotopic (exact) mass is 459 g/mol. The highest BCUT2D eigenvalue weighted by Crippen LogP contribution is 2.27. The second kappa shape index (κ2) is 10.4. The van der Waals surface area contributed by atoms with Crippen LogP contribution in [0.1, 0.15) is 5.56 Å².